The van der Waals surface area contributed by atoms with Crippen LogP contribution < -0.4 is 5.73 Å². The number of rotatable bonds is 5. The second-order valence-electron chi connectivity index (χ2n) is 13.2. The first-order valence-corrected chi connectivity index (χ1v) is 16.9. The standard InChI is InChI=1S/C35H51NO13/c1-3-11-22-12-9-7-5-4-6-8-10-13-23(47-34-32(41)31(40)30(36)20(2)45-34)17-27-29(33(42)43)24(38)19-35(44,49-27)18-21(37)16-26-25(48-26)14-15-28(39)46-22/h4-10,13-15,20-27,29-32,34,37-38,40-41,44H,3,11-12,16-19,36H2,1-2H3,(H,42,43). The van der Waals surface area contributed by atoms with Gasteiger partial charge in [0.05, 0.1) is 42.7 Å². The van der Waals surface area contributed by atoms with Gasteiger partial charge in [-0.2, -0.15) is 0 Å². The molecule has 0 saturated carbocycles. The van der Waals surface area contributed by atoms with E-state index in [0.29, 0.717) is 12.8 Å². The number of carbonyl (C=O) groups is 2. The molecule has 0 spiro atoms. The van der Waals surface area contributed by atoms with Crippen molar-refractivity contribution < 1.29 is 63.9 Å². The van der Waals surface area contributed by atoms with Crippen LogP contribution in [0, 0.1) is 5.92 Å². The van der Waals surface area contributed by atoms with E-state index in [1.807, 2.05) is 19.1 Å². The van der Waals surface area contributed by atoms with Gasteiger partial charge in [0.25, 0.3) is 0 Å². The number of epoxide rings is 1. The Hall–Kier alpha value is -2.76. The van der Waals surface area contributed by atoms with Crippen molar-refractivity contribution in [1.82, 2.24) is 0 Å². The van der Waals surface area contributed by atoms with E-state index in [4.69, 9.17) is 29.4 Å². The van der Waals surface area contributed by atoms with E-state index in [-0.39, 0.29) is 25.4 Å². The van der Waals surface area contributed by atoms with Gasteiger partial charge in [-0.05, 0) is 19.4 Å². The number of aliphatic hydroxyl groups is 5. The van der Waals surface area contributed by atoms with Gasteiger partial charge in [0.15, 0.2) is 12.1 Å². The number of allylic oxidation sites excluding steroid dienone is 6. The van der Waals surface area contributed by atoms with Crippen LogP contribution in [0.2, 0.25) is 0 Å². The first-order valence-electron chi connectivity index (χ1n) is 16.9. The van der Waals surface area contributed by atoms with Crippen LogP contribution in [0.5, 0.6) is 0 Å². The molecule has 49 heavy (non-hydrogen) atoms. The molecule has 0 aromatic carbocycles. The Morgan fingerprint density at radius 1 is 0.980 bits per heavy atom. The number of nitrogens with two attached hydrogens (primary N) is 1. The predicted octanol–water partition coefficient (Wildman–Crippen LogP) is 0.900. The third-order valence-electron chi connectivity index (χ3n) is 9.10. The van der Waals surface area contributed by atoms with Crippen LogP contribution in [0.1, 0.15) is 58.8 Å². The summed E-state index contributed by atoms with van der Waals surface area (Å²) in [6.07, 6.45) is 6.77. The summed E-state index contributed by atoms with van der Waals surface area (Å²) in [5, 5.41) is 64.3. The molecule has 4 aliphatic heterocycles. The summed E-state index contributed by atoms with van der Waals surface area (Å²) in [5.41, 5.74) is 5.92. The minimum Gasteiger partial charge on any atom is -0.481 e. The number of aliphatic carboxylic acids is 1. The molecule has 8 N–H and O–H groups in total. The quantitative estimate of drug-likeness (QED) is 0.157. The third-order valence-corrected chi connectivity index (χ3v) is 9.10. The summed E-state index contributed by atoms with van der Waals surface area (Å²) in [6.45, 7) is 3.62. The van der Waals surface area contributed by atoms with Crippen molar-refractivity contribution in [3.05, 3.63) is 60.8 Å². The predicted molar refractivity (Wildman–Crippen MR) is 174 cm³/mol. The number of esters is 1. The molecule has 14 unspecified atom stereocenters. The molecule has 2 bridgehead atoms. The highest BCUT2D eigenvalue weighted by molar-refractivity contribution is 5.82. The SMILES string of the molecule is CCCC1CC=CC=CC=CC=CC(OC2OC(C)C(N)C(O)C2O)CC2OC(O)(CC(O)CC3OC3C=CC(=O)O1)CC(O)C2C(=O)O. The number of ether oxygens (including phenoxy) is 5. The Balaban J connectivity index is 1.59. The second-order valence-corrected chi connectivity index (χ2v) is 13.2. The fourth-order valence-corrected chi connectivity index (χ4v) is 6.41. The highest BCUT2D eigenvalue weighted by Crippen LogP contribution is 2.39. The molecular formula is C35H51NO13. The molecule has 3 saturated heterocycles. The van der Waals surface area contributed by atoms with Crippen LogP contribution in [0.3, 0.4) is 0 Å². The van der Waals surface area contributed by atoms with Crippen LogP contribution in [0.4, 0.5) is 0 Å². The van der Waals surface area contributed by atoms with Crippen LogP contribution >= 0.6 is 0 Å². The lowest BCUT2D eigenvalue weighted by Gasteiger charge is -2.45. The second kappa shape index (κ2) is 17.9. The van der Waals surface area contributed by atoms with E-state index in [9.17, 15) is 40.2 Å². The smallest absolute Gasteiger partial charge is 0.330 e. The van der Waals surface area contributed by atoms with Gasteiger partial charge in [-0.15, -0.1) is 0 Å². The van der Waals surface area contributed by atoms with Crippen molar-refractivity contribution in [1.29, 1.82) is 0 Å². The van der Waals surface area contributed by atoms with Gasteiger partial charge in [-0.25, -0.2) is 4.79 Å². The molecule has 274 valence electrons. The average molecular weight is 694 g/mol. The molecule has 14 atom stereocenters. The molecule has 0 aliphatic carbocycles. The molecular weight excluding hydrogens is 642 g/mol. The zero-order chi connectivity index (χ0) is 35.7. The van der Waals surface area contributed by atoms with Crippen molar-refractivity contribution in [3.8, 4) is 0 Å². The largest absolute Gasteiger partial charge is 0.481 e. The maximum atomic E-state index is 12.4. The van der Waals surface area contributed by atoms with E-state index in [1.54, 1.807) is 49.5 Å². The van der Waals surface area contributed by atoms with Crippen LogP contribution in [0.25, 0.3) is 0 Å². The van der Waals surface area contributed by atoms with E-state index < -0.39 is 97.3 Å². The van der Waals surface area contributed by atoms with E-state index in [0.717, 1.165) is 6.42 Å². The van der Waals surface area contributed by atoms with Crippen LogP contribution in [-0.4, -0.2) is 122 Å². The van der Waals surface area contributed by atoms with E-state index in [2.05, 4.69) is 0 Å². The Kier molecular flexibility index (Phi) is 14.3. The monoisotopic (exact) mass is 693 g/mol. The Morgan fingerprint density at radius 3 is 2.41 bits per heavy atom. The summed E-state index contributed by atoms with van der Waals surface area (Å²) in [5.74, 6) is -5.43. The van der Waals surface area contributed by atoms with Crippen molar-refractivity contribution in [3.63, 3.8) is 0 Å². The third kappa shape index (κ3) is 11.4. The van der Waals surface area contributed by atoms with Gasteiger partial charge in [0.2, 0.25) is 0 Å². The van der Waals surface area contributed by atoms with Gasteiger partial charge >= 0.3 is 11.9 Å². The zero-order valence-electron chi connectivity index (χ0n) is 27.8. The number of carboxylic acid groups (broad SMARTS) is 1. The van der Waals surface area contributed by atoms with Gasteiger partial charge in [-0.3, -0.25) is 4.79 Å². The van der Waals surface area contributed by atoms with Crippen molar-refractivity contribution in [2.75, 3.05) is 0 Å². The highest BCUT2D eigenvalue weighted by Gasteiger charge is 2.51. The highest BCUT2D eigenvalue weighted by atomic mass is 16.7. The lowest BCUT2D eigenvalue weighted by Crippen LogP contribution is -2.61. The topological polar surface area (TPSA) is 231 Å². The number of carbonyl (C=O) groups excluding carboxylic acids is 1. The zero-order valence-corrected chi connectivity index (χ0v) is 27.8. The van der Waals surface area contributed by atoms with Crippen molar-refractivity contribution in [2.45, 2.75) is 138 Å². The maximum absolute atomic E-state index is 12.4. The number of carboxylic acids is 1. The minimum absolute atomic E-state index is 0.0793. The fourth-order valence-electron chi connectivity index (χ4n) is 6.41. The molecule has 4 heterocycles. The van der Waals surface area contributed by atoms with Crippen molar-refractivity contribution >= 4 is 11.9 Å². The summed E-state index contributed by atoms with van der Waals surface area (Å²) in [7, 11) is 0. The van der Waals surface area contributed by atoms with Crippen LogP contribution in [0.15, 0.2) is 60.8 Å². The number of cyclic esters (lactones) is 1. The summed E-state index contributed by atoms with van der Waals surface area (Å²) in [6, 6.07) is -0.870. The lowest BCUT2D eigenvalue weighted by atomic mass is 9.83. The van der Waals surface area contributed by atoms with E-state index >= 15 is 0 Å². The lowest BCUT2D eigenvalue weighted by molar-refractivity contribution is -0.308. The number of hydrogen-bond acceptors (Lipinski definition) is 13. The molecule has 0 aromatic rings. The van der Waals surface area contributed by atoms with Gasteiger partial charge < -0.3 is 60.1 Å². The Morgan fingerprint density at radius 2 is 1.69 bits per heavy atom. The van der Waals surface area contributed by atoms with Crippen molar-refractivity contribution in [2.24, 2.45) is 11.7 Å². The normalized spacial score (nSPS) is 42.5. The number of hydrogen-bond donors (Lipinski definition) is 7. The van der Waals surface area contributed by atoms with Gasteiger partial charge in [0, 0.05) is 38.2 Å². The van der Waals surface area contributed by atoms with Gasteiger partial charge in [-0.1, -0.05) is 62.0 Å². The maximum Gasteiger partial charge on any atom is 0.330 e. The average Bonchev–Trinajstić information content (AvgIpc) is 3.76. The molecule has 3 fully saturated rings. The molecule has 4 aliphatic rings. The molecule has 14 heteroatoms. The first-order chi connectivity index (χ1) is 23.3. The van der Waals surface area contributed by atoms with E-state index in [1.165, 1.54) is 6.08 Å². The van der Waals surface area contributed by atoms with Crippen LogP contribution in [-0.2, 0) is 33.3 Å². The molecule has 0 aromatic heterocycles. The molecule has 0 amide bonds. The summed E-state index contributed by atoms with van der Waals surface area (Å²) in [4.78, 5) is 24.7. The first kappa shape index (κ1) is 39.0. The summed E-state index contributed by atoms with van der Waals surface area (Å²) < 4.78 is 28.9. The Labute approximate surface area is 286 Å². The summed E-state index contributed by atoms with van der Waals surface area (Å²) >= 11 is 0. The molecule has 4 rings (SSSR count). The van der Waals surface area contributed by atoms with Gasteiger partial charge in [0.1, 0.15) is 30.3 Å². The number of fused-ring (bicyclic) bond motifs is 3. The number of aliphatic hydroxyl groups excluding tert-OH is 4. The molecule has 14 nitrogen and oxygen atoms in total. The fraction of sp³-hybridized carbons (Fsp3) is 0.657. The molecule has 0 radical (unpaired) electrons. The minimum atomic E-state index is -2.10. The Bertz CT molecular complexity index is 1250.